The molecule has 1 aliphatic rings. The number of likely N-dealkylation sites (tertiary alicyclic amines) is 1. The number of benzene rings is 3. The molecule has 0 amide bonds. The van der Waals surface area contributed by atoms with Crippen LogP contribution in [0.4, 0.5) is 5.69 Å². The van der Waals surface area contributed by atoms with Crippen LogP contribution in [0.1, 0.15) is 24.0 Å². The summed E-state index contributed by atoms with van der Waals surface area (Å²) in [6.07, 6.45) is 5.71. The van der Waals surface area contributed by atoms with Crippen molar-refractivity contribution in [1.82, 2.24) is 14.9 Å². The monoisotopic (exact) mass is 720 g/mol. The number of nitrogens with zero attached hydrogens (tertiary/aromatic N) is 4. The lowest BCUT2D eigenvalue weighted by Crippen LogP contribution is -2.44. The highest BCUT2D eigenvalue weighted by molar-refractivity contribution is 5.70. The summed E-state index contributed by atoms with van der Waals surface area (Å²) in [4.78, 5) is 14.4. The van der Waals surface area contributed by atoms with Crippen LogP contribution < -0.4 is 38.1 Å². The van der Waals surface area contributed by atoms with Gasteiger partial charge in [-0.25, -0.2) is 0 Å². The third-order valence-electron chi connectivity index (χ3n) is 9.72. The van der Waals surface area contributed by atoms with Gasteiger partial charge in [-0.2, -0.15) is 0 Å². The number of piperidine rings is 1. The molecule has 0 bridgehead atoms. The lowest BCUT2D eigenvalue weighted by molar-refractivity contribution is 0.200. The van der Waals surface area contributed by atoms with E-state index in [1.165, 1.54) is 5.56 Å². The van der Waals surface area contributed by atoms with E-state index in [2.05, 4.69) is 51.2 Å². The van der Waals surface area contributed by atoms with E-state index in [9.17, 15) is 0 Å². The molecule has 5 aromatic rings. The van der Waals surface area contributed by atoms with Crippen molar-refractivity contribution in [3.8, 4) is 62.8 Å². The lowest BCUT2D eigenvalue weighted by atomic mass is 9.99. The van der Waals surface area contributed by atoms with Crippen molar-refractivity contribution in [1.29, 1.82) is 0 Å². The zero-order valence-corrected chi connectivity index (χ0v) is 31.5. The number of aromatic nitrogens is 2. The van der Waals surface area contributed by atoms with Gasteiger partial charge < -0.3 is 38.1 Å². The third kappa shape index (κ3) is 8.20. The number of methoxy groups -OCH3 is 7. The van der Waals surface area contributed by atoms with Gasteiger partial charge in [0, 0.05) is 55.7 Å². The first kappa shape index (κ1) is 37.1. The van der Waals surface area contributed by atoms with Gasteiger partial charge >= 0.3 is 0 Å². The summed E-state index contributed by atoms with van der Waals surface area (Å²) in [5.74, 6) is 4.32. The predicted octanol–water partition coefficient (Wildman–Crippen LogP) is 7.54. The van der Waals surface area contributed by atoms with E-state index < -0.39 is 0 Å². The molecule has 53 heavy (non-hydrogen) atoms. The first-order chi connectivity index (χ1) is 25.9. The van der Waals surface area contributed by atoms with Gasteiger partial charge in [0.2, 0.25) is 11.5 Å². The van der Waals surface area contributed by atoms with Crippen molar-refractivity contribution in [2.24, 2.45) is 0 Å². The number of hydrogen-bond acceptors (Lipinski definition) is 11. The molecule has 0 atom stereocenters. The molecule has 0 aliphatic carbocycles. The highest BCUT2D eigenvalue weighted by atomic mass is 16.5. The van der Waals surface area contributed by atoms with Crippen molar-refractivity contribution in [3.05, 3.63) is 96.3 Å². The molecule has 2 aromatic heterocycles. The number of ether oxygens (including phenoxy) is 7. The molecule has 11 heteroatoms. The quantitative estimate of drug-likeness (QED) is 0.107. The Morgan fingerprint density at radius 3 is 1.53 bits per heavy atom. The van der Waals surface area contributed by atoms with Gasteiger partial charge in [-0.1, -0.05) is 12.1 Å². The van der Waals surface area contributed by atoms with Crippen LogP contribution in [0.15, 0.2) is 85.2 Å². The molecule has 0 saturated carbocycles. The highest BCUT2D eigenvalue weighted by Gasteiger charge is 2.27. The van der Waals surface area contributed by atoms with E-state index >= 15 is 0 Å². The number of anilines is 1. The zero-order valence-electron chi connectivity index (χ0n) is 31.5. The second-order valence-electron chi connectivity index (χ2n) is 12.7. The maximum absolute atomic E-state index is 5.88. The second kappa shape index (κ2) is 17.2. The fourth-order valence-electron chi connectivity index (χ4n) is 7.04. The molecule has 6 rings (SSSR count). The normalized spacial score (nSPS) is 13.3. The molecule has 1 aliphatic heterocycles. The smallest absolute Gasteiger partial charge is 0.203 e. The van der Waals surface area contributed by atoms with Gasteiger partial charge in [0.1, 0.15) is 5.75 Å². The Balaban J connectivity index is 1.21. The van der Waals surface area contributed by atoms with Gasteiger partial charge in [-0.15, -0.1) is 0 Å². The van der Waals surface area contributed by atoms with Crippen LogP contribution in [-0.4, -0.2) is 83.8 Å². The van der Waals surface area contributed by atoms with E-state index in [4.69, 9.17) is 38.1 Å². The summed E-state index contributed by atoms with van der Waals surface area (Å²) < 4.78 is 39.4. The fourth-order valence-corrected chi connectivity index (χ4v) is 7.04. The molecular formula is C42H48N4O7. The average Bonchev–Trinajstić information content (AvgIpc) is 3.22. The predicted molar refractivity (Wildman–Crippen MR) is 206 cm³/mol. The first-order valence-electron chi connectivity index (χ1n) is 17.6. The maximum Gasteiger partial charge on any atom is 0.203 e. The summed E-state index contributed by atoms with van der Waals surface area (Å²) in [6.45, 7) is 3.41. The van der Waals surface area contributed by atoms with Gasteiger partial charge in [-0.05, 0) is 84.6 Å². The minimum atomic E-state index is 0.299. The van der Waals surface area contributed by atoms with Crippen LogP contribution >= 0.6 is 0 Å². The maximum atomic E-state index is 5.88. The van der Waals surface area contributed by atoms with Crippen LogP contribution in [0, 0.1) is 0 Å². The molecule has 3 heterocycles. The van der Waals surface area contributed by atoms with Gasteiger partial charge in [0.05, 0.1) is 66.8 Å². The van der Waals surface area contributed by atoms with Gasteiger partial charge in [-0.3, -0.25) is 14.9 Å². The molecule has 1 fully saturated rings. The minimum absolute atomic E-state index is 0.299. The van der Waals surface area contributed by atoms with Crippen molar-refractivity contribution >= 4 is 5.69 Å². The van der Waals surface area contributed by atoms with Crippen LogP contribution in [-0.2, 0) is 13.1 Å². The minimum Gasteiger partial charge on any atom is -0.495 e. The topological polar surface area (TPSA) is 96.9 Å². The fraction of sp³-hybridized carbons (Fsp3) is 0.333. The van der Waals surface area contributed by atoms with E-state index in [0.717, 1.165) is 72.0 Å². The number of para-hydroxylation sites is 2. The average molecular weight is 721 g/mol. The largest absolute Gasteiger partial charge is 0.495 e. The summed E-state index contributed by atoms with van der Waals surface area (Å²) in [5, 5.41) is 0. The number of pyridine rings is 2. The molecule has 3 aromatic carbocycles. The lowest BCUT2D eigenvalue weighted by Gasteiger charge is -2.40. The molecule has 11 nitrogen and oxygen atoms in total. The molecule has 278 valence electrons. The molecule has 0 N–H and O–H groups in total. The molecule has 0 unspecified atom stereocenters. The summed E-state index contributed by atoms with van der Waals surface area (Å²) >= 11 is 0. The number of rotatable bonds is 15. The first-order valence-corrected chi connectivity index (χ1v) is 17.6. The van der Waals surface area contributed by atoms with Crippen LogP contribution in [0.25, 0.3) is 22.5 Å². The molecule has 0 spiro atoms. The van der Waals surface area contributed by atoms with E-state index in [-0.39, 0.29) is 0 Å². The number of hydrogen-bond donors (Lipinski definition) is 0. The Hall–Kier alpha value is -5.68. The van der Waals surface area contributed by atoms with E-state index in [1.54, 1.807) is 49.8 Å². The SMILES string of the molecule is COc1ccccc1N(Cc1ccnc(-c2cc(OC)c(OC)c(OC)c2)c1)C1CCN(Cc2ccnc(-c3cc(OC)c(OC)c(OC)c3)c2)CC1. The van der Waals surface area contributed by atoms with Crippen molar-refractivity contribution in [2.75, 3.05) is 67.8 Å². The Kier molecular flexibility index (Phi) is 12.1. The van der Waals surface area contributed by atoms with Crippen molar-refractivity contribution < 1.29 is 33.2 Å². The third-order valence-corrected chi connectivity index (χ3v) is 9.72. The van der Waals surface area contributed by atoms with Crippen molar-refractivity contribution in [2.45, 2.75) is 32.0 Å². The Bertz CT molecular complexity index is 1950. The zero-order chi connectivity index (χ0) is 37.3. The standard InChI is InChI=1S/C42H48N4O7/c1-47-36-11-9-8-10-35(36)46(27-29-13-17-44-34(21-29)31-24-39(50-4)42(53-7)40(25-31)51-5)32-14-18-45(19-15-32)26-28-12-16-43-33(20-28)30-22-37(48-2)41(52-6)38(23-30)49-3/h8-13,16-17,20-25,32H,14-15,18-19,26-27H2,1-7H3. The van der Waals surface area contributed by atoms with Crippen LogP contribution in [0.3, 0.4) is 0 Å². The van der Waals surface area contributed by atoms with Gasteiger partial charge in [0.25, 0.3) is 0 Å². The van der Waals surface area contributed by atoms with E-state index in [0.29, 0.717) is 47.1 Å². The summed E-state index contributed by atoms with van der Waals surface area (Å²) in [6, 6.07) is 24.7. The Morgan fingerprint density at radius 2 is 1.04 bits per heavy atom. The van der Waals surface area contributed by atoms with E-state index in [1.807, 2.05) is 48.8 Å². The summed E-state index contributed by atoms with van der Waals surface area (Å²) in [5.41, 5.74) is 6.85. The molecule has 1 saturated heterocycles. The van der Waals surface area contributed by atoms with Crippen LogP contribution in [0.2, 0.25) is 0 Å². The highest BCUT2D eigenvalue weighted by Crippen LogP contribution is 2.42. The second-order valence-corrected chi connectivity index (χ2v) is 12.7. The molecule has 0 radical (unpaired) electrons. The Labute approximate surface area is 312 Å². The van der Waals surface area contributed by atoms with Gasteiger partial charge in [0.15, 0.2) is 23.0 Å². The Morgan fingerprint density at radius 1 is 0.566 bits per heavy atom. The molecular weight excluding hydrogens is 672 g/mol. The van der Waals surface area contributed by atoms with Crippen molar-refractivity contribution in [3.63, 3.8) is 0 Å². The summed E-state index contributed by atoms with van der Waals surface area (Å²) in [7, 11) is 11.4. The van der Waals surface area contributed by atoms with Crippen LogP contribution in [0.5, 0.6) is 40.2 Å².